The molecule has 1 N–H and O–H groups in total. The molecule has 0 aromatic carbocycles. The van der Waals surface area contributed by atoms with Crippen molar-refractivity contribution in [3.05, 3.63) is 23.9 Å². The van der Waals surface area contributed by atoms with E-state index in [2.05, 4.69) is 20.3 Å². The van der Waals surface area contributed by atoms with Crippen LogP contribution in [0.4, 0.5) is 5.95 Å². The van der Waals surface area contributed by atoms with Crippen molar-refractivity contribution in [1.29, 1.82) is 0 Å². The van der Waals surface area contributed by atoms with Crippen molar-refractivity contribution < 1.29 is 0 Å². The second kappa shape index (κ2) is 4.94. The molecule has 2 aromatic heterocycles. The van der Waals surface area contributed by atoms with Crippen LogP contribution in [0, 0.1) is 6.92 Å². The largest absolute Gasteiger partial charge is 0.352 e. The van der Waals surface area contributed by atoms with Gasteiger partial charge in [0.05, 0.1) is 0 Å². The summed E-state index contributed by atoms with van der Waals surface area (Å²) in [5.74, 6) is 0.725. The van der Waals surface area contributed by atoms with E-state index in [9.17, 15) is 0 Å². The van der Waals surface area contributed by atoms with Gasteiger partial charge in [0.2, 0.25) is 5.95 Å². The number of anilines is 1. The number of pyridine rings is 1. The summed E-state index contributed by atoms with van der Waals surface area (Å²) in [4.78, 5) is 6.94. The van der Waals surface area contributed by atoms with E-state index in [1.807, 2.05) is 29.6 Å². The lowest BCUT2D eigenvalue weighted by atomic mass is 10.4. The molecule has 5 nitrogen and oxygen atoms in total. The lowest BCUT2D eigenvalue weighted by molar-refractivity contribution is 0.352. The van der Waals surface area contributed by atoms with Crippen molar-refractivity contribution in [3.8, 4) is 0 Å². The summed E-state index contributed by atoms with van der Waals surface area (Å²) in [6.45, 7) is 6.50. The number of nitrogens with zero attached hydrogens (tertiary/aromatic N) is 4. The molecule has 2 aromatic rings. The van der Waals surface area contributed by atoms with E-state index < -0.39 is 0 Å². The average Bonchev–Trinajstić information content (AvgIpc) is 2.98. The van der Waals surface area contributed by atoms with Gasteiger partial charge in [-0.2, -0.15) is 4.98 Å². The molecule has 0 aliphatic carbocycles. The van der Waals surface area contributed by atoms with Crippen molar-refractivity contribution in [3.63, 3.8) is 0 Å². The Morgan fingerprint density at radius 1 is 1.28 bits per heavy atom. The molecule has 0 atom stereocenters. The molecule has 0 unspecified atom stereocenters. The quantitative estimate of drug-likeness (QED) is 0.887. The molecule has 96 valence electrons. The molecule has 0 spiro atoms. The van der Waals surface area contributed by atoms with Gasteiger partial charge in [0.15, 0.2) is 5.65 Å². The zero-order valence-corrected chi connectivity index (χ0v) is 10.8. The molecule has 1 aliphatic heterocycles. The zero-order chi connectivity index (χ0) is 12.4. The minimum atomic E-state index is 0.725. The highest BCUT2D eigenvalue weighted by Crippen LogP contribution is 2.09. The number of hydrogen-bond donors (Lipinski definition) is 1. The first kappa shape index (κ1) is 11.5. The van der Waals surface area contributed by atoms with Crippen LogP contribution in [-0.4, -0.2) is 45.7 Å². The molecule has 0 bridgehead atoms. The fourth-order valence-corrected chi connectivity index (χ4v) is 2.44. The molecule has 18 heavy (non-hydrogen) atoms. The molecular formula is C13H19N5. The van der Waals surface area contributed by atoms with Gasteiger partial charge in [-0.25, -0.2) is 4.52 Å². The van der Waals surface area contributed by atoms with E-state index in [1.165, 1.54) is 25.9 Å². The van der Waals surface area contributed by atoms with E-state index in [0.717, 1.165) is 30.4 Å². The van der Waals surface area contributed by atoms with Crippen LogP contribution < -0.4 is 5.32 Å². The molecule has 1 saturated heterocycles. The Morgan fingerprint density at radius 2 is 2.11 bits per heavy atom. The Labute approximate surface area is 107 Å². The van der Waals surface area contributed by atoms with Gasteiger partial charge in [-0.3, -0.25) is 0 Å². The van der Waals surface area contributed by atoms with E-state index in [1.54, 1.807) is 0 Å². The van der Waals surface area contributed by atoms with Gasteiger partial charge in [0, 0.05) is 18.8 Å². The topological polar surface area (TPSA) is 45.5 Å². The minimum Gasteiger partial charge on any atom is -0.352 e. The van der Waals surface area contributed by atoms with Gasteiger partial charge in [0.25, 0.3) is 0 Å². The summed E-state index contributed by atoms with van der Waals surface area (Å²) in [6, 6.07) is 6.02. The third kappa shape index (κ3) is 2.31. The smallest absolute Gasteiger partial charge is 0.243 e. The Balaban J connectivity index is 1.62. The monoisotopic (exact) mass is 245 g/mol. The molecular weight excluding hydrogens is 226 g/mol. The summed E-state index contributed by atoms with van der Waals surface area (Å²) >= 11 is 0. The van der Waals surface area contributed by atoms with Crippen LogP contribution in [0.2, 0.25) is 0 Å². The SMILES string of the molecule is Cc1cccc2nc(NCCN3CCCC3)nn12. The van der Waals surface area contributed by atoms with Crippen molar-refractivity contribution in [2.45, 2.75) is 19.8 Å². The third-order valence-corrected chi connectivity index (χ3v) is 3.46. The van der Waals surface area contributed by atoms with Crippen LogP contribution >= 0.6 is 0 Å². The number of fused-ring (bicyclic) bond motifs is 1. The van der Waals surface area contributed by atoms with Gasteiger partial charge >= 0.3 is 0 Å². The summed E-state index contributed by atoms with van der Waals surface area (Å²) in [6.07, 6.45) is 2.68. The molecule has 5 heteroatoms. The van der Waals surface area contributed by atoms with Crippen molar-refractivity contribution in [2.75, 3.05) is 31.5 Å². The number of aryl methyl sites for hydroxylation is 1. The highest BCUT2D eigenvalue weighted by atomic mass is 15.4. The molecule has 1 aliphatic rings. The Morgan fingerprint density at radius 3 is 2.89 bits per heavy atom. The Kier molecular flexibility index (Phi) is 3.15. The maximum atomic E-state index is 4.46. The lowest BCUT2D eigenvalue weighted by Gasteiger charge is -2.13. The maximum absolute atomic E-state index is 4.46. The van der Waals surface area contributed by atoms with Gasteiger partial charge in [-0.1, -0.05) is 6.07 Å². The standard InChI is InChI=1S/C13H19N5/c1-11-5-4-6-12-15-13(16-18(11)12)14-7-10-17-8-2-3-9-17/h4-6H,2-3,7-10H2,1H3,(H,14,16). The Hall–Kier alpha value is -1.62. The third-order valence-electron chi connectivity index (χ3n) is 3.46. The van der Waals surface area contributed by atoms with Crippen LogP contribution in [0.25, 0.3) is 5.65 Å². The zero-order valence-electron chi connectivity index (χ0n) is 10.8. The maximum Gasteiger partial charge on any atom is 0.243 e. The van der Waals surface area contributed by atoms with E-state index in [-0.39, 0.29) is 0 Å². The van der Waals surface area contributed by atoms with Crippen LogP contribution in [0.3, 0.4) is 0 Å². The highest BCUT2D eigenvalue weighted by molar-refractivity contribution is 5.44. The van der Waals surface area contributed by atoms with Crippen molar-refractivity contribution >= 4 is 11.6 Å². The first-order chi connectivity index (χ1) is 8.83. The van der Waals surface area contributed by atoms with E-state index >= 15 is 0 Å². The summed E-state index contributed by atoms with van der Waals surface area (Å²) in [5, 5.41) is 7.76. The average molecular weight is 245 g/mol. The summed E-state index contributed by atoms with van der Waals surface area (Å²) in [5.41, 5.74) is 2.01. The number of aromatic nitrogens is 3. The first-order valence-corrected chi connectivity index (χ1v) is 6.61. The van der Waals surface area contributed by atoms with Gasteiger partial charge < -0.3 is 10.2 Å². The molecule has 1 fully saturated rings. The van der Waals surface area contributed by atoms with E-state index in [0.29, 0.717) is 0 Å². The van der Waals surface area contributed by atoms with Crippen LogP contribution in [0.1, 0.15) is 18.5 Å². The van der Waals surface area contributed by atoms with E-state index in [4.69, 9.17) is 0 Å². The number of rotatable bonds is 4. The van der Waals surface area contributed by atoms with Crippen molar-refractivity contribution in [2.24, 2.45) is 0 Å². The second-order valence-corrected chi connectivity index (χ2v) is 4.85. The second-order valence-electron chi connectivity index (χ2n) is 4.85. The minimum absolute atomic E-state index is 0.725. The summed E-state index contributed by atoms with van der Waals surface area (Å²) in [7, 11) is 0. The Bertz CT molecular complexity index is 527. The normalized spacial score (nSPS) is 16.5. The molecule has 3 heterocycles. The fourth-order valence-electron chi connectivity index (χ4n) is 2.44. The number of nitrogens with one attached hydrogen (secondary N) is 1. The lowest BCUT2D eigenvalue weighted by Crippen LogP contribution is -2.26. The van der Waals surface area contributed by atoms with Crippen LogP contribution in [-0.2, 0) is 0 Å². The molecule has 0 radical (unpaired) electrons. The number of likely N-dealkylation sites (tertiary alicyclic amines) is 1. The van der Waals surface area contributed by atoms with Crippen molar-refractivity contribution in [1.82, 2.24) is 19.5 Å². The molecule has 3 rings (SSSR count). The first-order valence-electron chi connectivity index (χ1n) is 6.61. The van der Waals surface area contributed by atoms with Gasteiger partial charge in [0.1, 0.15) is 0 Å². The summed E-state index contributed by atoms with van der Waals surface area (Å²) < 4.78 is 1.87. The van der Waals surface area contributed by atoms with Crippen LogP contribution in [0.5, 0.6) is 0 Å². The number of hydrogen-bond acceptors (Lipinski definition) is 4. The predicted molar refractivity (Wildman–Crippen MR) is 71.9 cm³/mol. The van der Waals surface area contributed by atoms with Crippen LogP contribution in [0.15, 0.2) is 18.2 Å². The predicted octanol–water partition coefficient (Wildman–Crippen LogP) is 1.55. The van der Waals surface area contributed by atoms with Gasteiger partial charge in [-0.15, -0.1) is 5.10 Å². The van der Waals surface area contributed by atoms with Gasteiger partial charge in [-0.05, 0) is 45.0 Å². The fraction of sp³-hybridized carbons (Fsp3) is 0.538. The highest BCUT2D eigenvalue weighted by Gasteiger charge is 2.11. The molecule has 0 saturated carbocycles. The molecule has 0 amide bonds.